The zero-order valence-corrected chi connectivity index (χ0v) is 10.4. The molecule has 1 aromatic heterocycles. The average molecular weight is 248 g/mol. The molecule has 0 saturated heterocycles. The topological polar surface area (TPSA) is 42.4 Å². The van der Waals surface area contributed by atoms with Gasteiger partial charge in [-0.15, -0.1) is 0 Å². The molecule has 1 heterocycles. The van der Waals surface area contributed by atoms with E-state index in [0.29, 0.717) is 18.7 Å². The molecule has 0 aliphatic carbocycles. The van der Waals surface area contributed by atoms with E-state index in [1.165, 1.54) is 6.07 Å². The van der Waals surface area contributed by atoms with E-state index in [1.807, 2.05) is 24.1 Å². The molecule has 18 heavy (non-hydrogen) atoms. The highest BCUT2D eigenvalue weighted by atomic mass is 19.1. The van der Waals surface area contributed by atoms with Gasteiger partial charge in [0.05, 0.1) is 12.5 Å². The van der Waals surface area contributed by atoms with Crippen molar-refractivity contribution in [1.82, 2.24) is 4.90 Å². The molecule has 0 unspecified atom stereocenters. The Kier molecular flexibility index (Phi) is 4.12. The lowest BCUT2D eigenvalue weighted by atomic mass is 10.1. The Hall–Kier alpha value is -1.65. The molecular weight excluding hydrogens is 231 g/mol. The van der Waals surface area contributed by atoms with Crippen molar-refractivity contribution in [3.63, 3.8) is 0 Å². The van der Waals surface area contributed by atoms with Crippen LogP contribution in [0.5, 0.6) is 0 Å². The highest BCUT2D eigenvalue weighted by Gasteiger charge is 2.07. The van der Waals surface area contributed by atoms with Crippen LogP contribution in [0.15, 0.2) is 41.2 Å². The third-order valence-electron chi connectivity index (χ3n) is 2.83. The quantitative estimate of drug-likeness (QED) is 0.884. The summed E-state index contributed by atoms with van der Waals surface area (Å²) in [5, 5.41) is 0. The summed E-state index contributed by atoms with van der Waals surface area (Å²) < 4.78 is 18.8. The first-order valence-corrected chi connectivity index (χ1v) is 5.86. The molecular formula is C14H17FN2O. The van der Waals surface area contributed by atoms with Crippen molar-refractivity contribution < 1.29 is 8.81 Å². The molecule has 0 saturated carbocycles. The molecule has 0 atom stereocenters. The van der Waals surface area contributed by atoms with E-state index >= 15 is 0 Å². The minimum absolute atomic E-state index is 0.197. The second-order valence-corrected chi connectivity index (χ2v) is 4.43. The third-order valence-corrected chi connectivity index (χ3v) is 2.83. The van der Waals surface area contributed by atoms with Crippen molar-refractivity contribution in [2.45, 2.75) is 19.6 Å². The number of hydrogen-bond acceptors (Lipinski definition) is 3. The van der Waals surface area contributed by atoms with Crippen LogP contribution in [0, 0.1) is 5.82 Å². The van der Waals surface area contributed by atoms with E-state index in [2.05, 4.69) is 0 Å². The normalized spacial score (nSPS) is 11.1. The first kappa shape index (κ1) is 12.8. The Labute approximate surface area is 106 Å². The van der Waals surface area contributed by atoms with Crippen LogP contribution in [0.25, 0.3) is 0 Å². The lowest BCUT2D eigenvalue weighted by molar-refractivity contribution is 0.312. The van der Waals surface area contributed by atoms with E-state index < -0.39 is 0 Å². The molecule has 0 amide bonds. The minimum atomic E-state index is -0.197. The highest BCUT2D eigenvalue weighted by molar-refractivity contribution is 5.24. The van der Waals surface area contributed by atoms with Crippen LogP contribution in [0.3, 0.4) is 0 Å². The van der Waals surface area contributed by atoms with E-state index in [9.17, 15) is 4.39 Å². The van der Waals surface area contributed by atoms with Gasteiger partial charge >= 0.3 is 0 Å². The number of halogens is 1. The van der Waals surface area contributed by atoms with Gasteiger partial charge in [0, 0.05) is 30.8 Å². The number of benzene rings is 1. The van der Waals surface area contributed by atoms with Gasteiger partial charge in [-0.05, 0) is 24.7 Å². The molecule has 2 rings (SSSR count). The van der Waals surface area contributed by atoms with Crippen molar-refractivity contribution in [3.8, 4) is 0 Å². The van der Waals surface area contributed by atoms with Gasteiger partial charge in [0.25, 0.3) is 0 Å². The van der Waals surface area contributed by atoms with Gasteiger partial charge in [0.2, 0.25) is 0 Å². The molecule has 0 aliphatic heterocycles. The molecule has 1 aromatic carbocycles. The summed E-state index contributed by atoms with van der Waals surface area (Å²) in [6.45, 7) is 1.65. The summed E-state index contributed by atoms with van der Waals surface area (Å²) in [6, 6.07) is 7.07. The molecule has 4 heteroatoms. The summed E-state index contributed by atoms with van der Waals surface area (Å²) in [7, 11) is 1.95. The van der Waals surface area contributed by atoms with Gasteiger partial charge in [0.15, 0.2) is 0 Å². The molecule has 3 nitrogen and oxygen atoms in total. The Morgan fingerprint density at radius 1 is 1.22 bits per heavy atom. The van der Waals surface area contributed by atoms with Gasteiger partial charge in [0.1, 0.15) is 5.82 Å². The summed E-state index contributed by atoms with van der Waals surface area (Å²) in [5.74, 6) is -0.197. The van der Waals surface area contributed by atoms with Crippen LogP contribution in [-0.2, 0) is 19.6 Å². The second-order valence-electron chi connectivity index (χ2n) is 4.43. The van der Waals surface area contributed by atoms with Crippen molar-refractivity contribution in [3.05, 3.63) is 59.3 Å². The molecule has 0 spiro atoms. The van der Waals surface area contributed by atoms with Crippen LogP contribution >= 0.6 is 0 Å². The fraction of sp³-hybridized carbons (Fsp3) is 0.286. The summed E-state index contributed by atoms with van der Waals surface area (Å²) >= 11 is 0. The fourth-order valence-corrected chi connectivity index (χ4v) is 1.89. The van der Waals surface area contributed by atoms with Crippen LogP contribution in [-0.4, -0.2) is 11.9 Å². The first-order valence-electron chi connectivity index (χ1n) is 5.86. The molecule has 2 aromatic rings. The van der Waals surface area contributed by atoms with Gasteiger partial charge in [-0.2, -0.15) is 0 Å². The maximum Gasteiger partial charge on any atom is 0.128 e. The van der Waals surface area contributed by atoms with Gasteiger partial charge in [-0.1, -0.05) is 12.1 Å². The highest BCUT2D eigenvalue weighted by Crippen LogP contribution is 2.14. The van der Waals surface area contributed by atoms with Gasteiger partial charge in [-0.25, -0.2) is 4.39 Å². The lowest BCUT2D eigenvalue weighted by Crippen LogP contribution is -2.17. The fourth-order valence-electron chi connectivity index (χ4n) is 1.89. The Balaban J connectivity index is 2.00. The monoisotopic (exact) mass is 248 g/mol. The summed E-state index contributed by atoms with van der Waals surface area (Å²) in [4.78, 5) is 2.03. The predicted molar refractivity (Wildman–Crippen MR) is 68.2 cm³/mol. The molecule has 0 radical (unpaired) electrons. The number of nitrogens with two attached hydrogens (primary N) is 1. The number of rotatable bonds is 5. The Morgan fingerprint density at radius 3 is 2.67 bits per heavy atom. The number of nitrogens with zero attached hydrogens (tertiary/aromatic N) is 1. The summed E-state index contributed by atoms with van der Waals surface area (Å²) in [6.07, 6.45) is 3.34. The minimum Gasteiger partial charge on any atom is -0.472 e. The Morgan fingerprint density at radius 2 is 2.06 bits per heavy atom. The first-order chi connectivity index (χ1) is 8.69. The third kappa shape index (κ3) is 3.18. The molecule has 96 valence electrons. The van der Waals surface area contributed by atoms with Crippen molar-refractivity contribution in [2.24, 2.45) is 5.73 Å². The van der Waals surface area contributed by atoms with E-state index in [-0.39, 0.29) is 5.82 Å². The van der Waals surface area contributed by atoms with Crippen LogP contribution in [0.2, 0.25) is 0 Å². The molecule has 0 bridgehead atoms. The summed E-state index contributed by atoms with van der Waals surface area (Å²) in [5.41, 5.74) is 8.05. The van der Waals surface area contributed by atoms with Crippen LogP contribution in [0.1, 0.15) is 16.7 Å². The maximum atomic E-state index is 13.8. The van der Waals surface area contributed by atoms with E-state index in [4.69, 9.17) is 10.2 Å². The Bertz CT molecular complexity index is 497. The van der Waals surface area contributed by atoms with Crippen molar-refractivity contribution in [2.75, 3.05) is 7.05 Å². The van der Waals surface area contributed by atoms with E-state index in [0.717, 1.165) is 17.7 Å². The predicted octanol–water partition coefficient (Wildman–Crippen LogP) is 2.51. The molecule has 0 fully saturated rings. The molecule has 0 aliphatic rings. The zero-order valence-electron chi connectivity index (χ0n) is 10.4. The van der Waals surface area contributed by atoms with Crippen molar-refractivity contribution >= 4 is 0 Å². The smallest absolute Gasteiger partial charge is 0.128 e. The molecule has 2 N–H and O–H groups in total. The lowest BCUT2D eigenvalue weighted by Gasteiger charge is -2.16. The van der Waals surface area contributed by atoms with Crippen LogP contribution in [0.4, 0.5) is 4.39 Å². The largest absolute Gasteiger partial charge is 0.472 e. The van der Waals surface area contributed by atoms with E-state index in [1.54, 1.807) is 18.6 Å². The van der Waals surface area contributed by atoms with Crippen molar-refractivity contribution in [1.29, 1.82) is 0 Å². The average Bonchev–Trinajstić information content (AvgIpc) is 2.84. The van der Waals surface area contributed by atoms with Gasteiger partial charge < -0.3 is 10.2 Å². The maximum absolute atomic E-state index is 13.8. The standard InChI is InChI=1S/C14H17FN2O/c1-17(8-12-4-5-18-10-12)9-13-3-2-11(7-16)6-14(13)15/h2-6,10H,7-9,16H2,1H3. The van der Waals surface area contributed by atoms with Gasteiger partial charge in [-0.3, -0.25) is 4.90 Å². The second kappa shape index (κ2) is 5.80. The zero-order chi connectivity index (χ0) is 13.0. The van der Waals surface area contributed by atoms with Crippen LogP contribution < -0.4 is 5.73 Å². The number of furan rings is 1. The number of hydrogen-bond donors (Lipinski definition) is 1. The SMILES string of the molecule is CN(Cc1ccoc1)Cc1ccc(CN)cc1F.